The second-order valence-corrected chi connectivity index (χ2v) is 9.77. The van der Waals surface area contributed by atoms with Crippen molar-refractivity contribution in [3.8, 4) is 0 Å². The number of carbonyl (C=O) groups is 1. The summed E-state index contributed by atoms with van der Waals surface area (Å²) in [6.07, 6.45) is 4.32. The van der Waals surface area contributed by atoms with E-state index in [1.165, 1.54) is 0 Å². The summed E-state index contributed by atoms with van der Waals surface area (Å²) in [5.41, 5.74) is 0.966. The molecule has 1 aromatic heterocycles. The van der Waals surface area contributed by atoms with Crippen LogP contribution in [0.15, 0.2) is 41.4 Å². The summed E-state index contributed by atoms with van der Waals surface area (Å²) in [6, 6.07) is 9.69. The largest absolute Gasteiger partial charge is 0.357 e. The number of hydrogen-bond acceptors (Lipinski definition) is 4. The molecular weight excluding hydrogens is 413 g/mol. The van der Waals surface area contributed by atoms with Gasteiger partial charge in [-0.1, -0.05) is 30.1 Å². The Bertz CT molecular complexity index is 853. The molecular formula is C21H23Cl2N3OS. The lowest BCUT2D eigenvalue weighted by atomic mass is 9.94. The summed E-state index contributed by atoms with van der Waals surface area (Å²) >= 11 is 14.0. The Morgan fingerprint density at radius 2 is 1.82 bits per heavy atom. The van der Waals surface area contributed by atoms with Gasteiger partial charge in [0.2, 0.25) is 5.91 Å². The van der Waals surface area contributed by atoms with Gasteiger partial charge in [0, 0.05) is 46.9 Å². The Labute approximate surface area is 180 Å². The summed E-state index contributed by atoms with van der Waals surface area (Å²) in [5, 5.41) is 1.80. The topological polar surface area (TPSA) is 36.4 Å². The average molecular weight is 436 g/mol. The molecule has 0 spiro atoms. The van der Waals surface area contributed by atoms with Crippen LogP contribution in [0.4, 0.5) is 11.5 Å². The van der Waals surface area contributed by atoms with Gasteiger partial charge in [-0.25, -0.2) is 4.98 Å². The van der Waals surface area contributed by atoms with Crippen molar-refractivity contribution in [1.82, 2.24) is 4.98 Å². The third-order valence-electron chi connectivity index (χ3n) is 5.45. The van der Waals surface area contributed by atoms with E-state index in [-0.39, 0.29) is 11.8 Å². The van der Waals surface area contributed by atoms with Crippen molar-refractivity contribution in [2.75, 3.05) is 29.4 Å². The Kier molecular flexibility index (Phi) is 6.04. The molecule has 0 aliphatic carbocycles. The molecule has 1 amide bonds. The highest BCUT2D eigenvalue weighted by atomic mass is 35.5. The van der Waals surface area contributed by atoms with Crippen LogP contribution < -0.4 is 9.80 Å². The minimum absolute atomic E-state index is 0.0359. The summed E-state index contributed by atoms with van der Waals surface area (Å²) in [4.78, 5) is 23.1. The zero-order valence-electron chi connectivity index (χ0n) is 15.8. The summed E-state index contributed by atoms with van der Waals surface area (Å²) in [6.45, 7) is 4.62. The van der Waals surface area contributed by atoms with Crippen LogP contribution in [-0.2, 0) is 4.79 Å². The molecule has 0 saturated carbocycles. The number of rotatable bonds is 2. The third-order valence-corrected chi connectivity index (χ3v) is 7.14. The third kappa shape index (κ3) is 4.27. The van der Waals surface area contributed by atoms with Gasteiger partial charge < -0.3 is 9.80 Å². The number of anilines is 2. The summed E-state index contributed by atoms with van der Waals surface area (Å²) in [5.74, 6) is 1.18. The van der Waals surface area contributed by atoms with Gasteiger partial charge in [-0.2, -0.15) is 0 Å². The van der Waals surface area contributed by atoms with E-state index in [1.807, 2.05) is 47.0 Å². The van der Waals surface area contributed by atoms with Crippen molar-refractivity contribution in [1.29, 1.82) is 0 Å². The Morgan fingerprint density at radius 3 is 2.54 bits per heavy atom. The van der Waals surface area contributed by atoms with Gasteiger partial charge in [0.1, 0.15) is 5.82 Å². The lowest BCUT2D eigenvalue weighted by molar-refractivity contribution is -0.123. The normalized spacial score (nSPS) is 20.6. The highest BCUT2D eigenvalue weighted by Crippen LogP contribution is 2.40. The molecule has 28 heavy (non-hydrogen) atoms. The molecule has 2 aromatic rings. The van der Waals surface area contributed by atoms with E-state index in [1.54, 1.807) is 6.20 Å². The first kappa shape index (κ1) is 19.9. The number of fused-ring (bicyclic) bond motifs is 1. The zero-order chi connectivity index (χ0) is 19.7. The number of halogens is 2. The highest BCUT2D eigenvalue weighted by molar-refractivity contribution is 8.00. The van der Waals surface area contributed by atoms with E-state index >= 15 is 0 Å². The van der Waals surface area contributed by atoms with E-state index in [0.717, 1.165) is 55.3 Å². The van der Waals surface area contributed by atoms with Crippen molar-refractivity contribution in [3.05, 3.63) is 46.6 Å². The van der Waals surface area contributed by atoms with Gasteiger partial charge in [0.15, 0.2) is 0 Å². The summed E-state index contributed by atoms with van der Waals surface area (Å²) in [7, 11) is 0. The zero-order valence-corrected chi connectivity index (χ0v) is 18.1. The molecule has 1 aromatic carbocycles. The molecule has 2 aliphatic rings. The van der Waals surface area contributed by atoms with Crippen LogP contribution >= 0.6 is 35.0 Å². The van der Waals surface area contributed by atoms with Gasteiger partial charge in [-0.15, -0.1) is 11.8 Å². The van der Waals surface area contributed by atoms with Gasteiger partial charge in [-0.3, -0.25) is 4.79 Å². The lowest BCUT2D eigenvalue weighted by Crippen LogP contribution is -2.43. The maximum atomic E-state index is 13.4. The molecule has 4 rings (SSSR count). The molecule has 1 saturated heterocycles. The van der Waals surface area contributed by atoms with Crippen LogP contribution in [0.3, 0.4) is 0 Å². The molecule has 1 unspecified atom stereocenters. The van der Waals surface area contributed by atoms with Crippen molar-refractivity contribution < 1.29 is 4.79 Å². The smallest absolute Gasteiger partial charge is 0.230 e. The highest BCUT2D eigenvalue weighted by Gasteiger charge is 2.32. The van der Waals surface area contributed by atoms with Crippen LogP contribution in [0, 0.1) is 5.92 Å². The van der Waals surface area contributed by atoms with Crippen molar-refractivity contribution in [2.45, 2.75) is 36.3 Å². The fourth-order valence-corrected chi connectivity index (χ4v) is 5.24. The maximum absolute atomic E-state index is 13.4. The molecule has 1 atom stereocenters. The lowest BCUT2D eigenvalue weighted by Gasteiger charge is -2.35. The van der Waals surface area contributed by atoms with Crippen molar-refractivity contribution in [2.24, 2.45) is 5.92 Å². The standard InChI is InChI=1S/C21H23Cl2N3OS/c1-14-6-11-26(18-12-16(22)2-4-19(18)28-14)21(27)15-7-9-25(10-8-15)20-5-3-17(23)13-24-20/h2-5,12-15H,6-11H2,1H3. The van der Waals surface area contributed by atoms with E-state index in [0.29, 0.717) is 15.3 Å². The number of nitrogens with zero attached hydrogens (tertiary/aromatic N) is 3. The SMILES string of the molecule is CC1CCN(C(=O)C2CCN(c3ccc(Cl)cn3)CC2)c2cc(Cl)ccc2S1. The molecule has 1 fully saturated rings. The van der Waals surface area contributed by atoms with E-state index in [9.17, 15) is 4.79 Å². The molecule has 4 nitrogen and oxygen atoms in total. The number of hydrogen-bond donors (Lipinski definition) is 0. The number of aromatic nitrogens is 1. The monoisotopic (exact) mass is 435 g/mol. The number of pyridine rings is 1. The average Bonchev–Trinajstić information content (AvgIpc) is 2.86. The Morgan fingerprint density at radius 1 is 1.07 bits per heavy atom. The predicted octanol–water partition coefficient (Wildman–Crippen LogP) is 5.52. The molecule has 148 valence electrons. The second kappa shape index (κ2) is 8.52. The van der Waals surface area contributed by atoms with Crippen LogP contribution in [-0.4, -0.2) is 35.8 Å². The maximum Gasteiger partial charge on any atom is 0.230 e. The number of carbonyl (C=O) groups excluding carboxylic acids is 1. The van der Waals surface area contributed by atoms with Crippen LogP contribution in [0.5, 0.6) is 0 Å². The molecule has 0 N–H and O–H groups in total. The number of piperidine rings is 1. The van der Waals surface area contributed by atoms with E-state index in [4.69, 9.17) is 23.2 Å². The summed E-state index contributed by atoms with van der Waals surface area (Å²) < 4.78 is 0. The molecule has 3 heterocycles. The quantitative estimate of drug-likeness (QED) is 0.621. The van der Waals surface area contributed by atoms with Crippen molar-refractivity contribution in [3.63, 3.8) is 0 Å². The number of thioether (sulfide) groups is 1. The molecule has 0 bridgehead atoms. The van der Waals surface area contributed by atoms with Gasteiger partial charge in [0.25, 0.3) is 0 Å². The van der Waals surface area contributed by atoms with Crippen LogP contribution in [0.2, 0.25) is 10.0 Å². The predicted molar refractivity (Wildman–Crippen MR) is 118 cm³/mol. The molecule has 2 aliphatic heterocycles. The molecule has 0 radical (unpaired) electrons. The Hall–Kier alpha value is -1.43. The van der Waals surface area contributed by atoms with Gasteiger partial charge in [-0.05, 0) is 49.6 Å². The number of amides is 1. The second-order valence-electron chi connectivity index (χ2n) is 7.42. The van der Waals surface area contributed by atoms with Gasteiger partial charge >= 0.3 is 0 Å². The molecule has 7 heteroatoms. The fourth-order valence-electron chi connectivity index (χ4n) is 3.87. The first-order valence-electron chi connectivity index (χ1n) is 9.65. The fraction of sp³-hybridized carbons (Fsp3) is 0.429. The van der Waals surface area contributed by atoms with E-state index < -0.39 is 0 Å². The number of benzene rings is 1. The first-order chi connectivity index (χ1) is 13.5. The van der Waals surface area contributed by atoms with Crippen molar-refractivity contribution >= 4 is 52.4 Å². The minimum Gasteiger partial charge on any atom is -0.357 e. The van der Waals surface area contributed by atoms with Gasteiger partial charge in [0.05, 0.1) is 10.7 Å². The van der Waals surface area contributed by atoms with E-state index in [2.05, 4.69) is 16.8 Å². The first-order valence-corrected chi connectivity index (χ1v) is 11.3. The Balaban J connectivity index is 1.48. The van der Waals surface area contributed by atoms with Crippen LogP contribution in [0.25, 0.3) is 0 Å². The van der Waals surface area contributed by atoms with Crippen LogP contribution in [0.1, 0.15) is 26.2 Å². The minimum atomic E-state index is 0.0359.